The van der Waals surface area contributed by atoms with Crippen LogP contribution in [0.3, 0.4) is 0 Å². The molecule has 0 bridgehead atoms. The maximum Gasteiger partial charge on any atom is 0.276 e. The van der Waals surface area contributed by atoms with Crippen LogP contribution in [0.2, 0.25) is 5.02 Å². The number of sulfonamides is 1. The fourth-order valence-electron chi connectivity index (χ4n) is 2.87. The van der Waals surface area contributed by atoms with Gasteiger partial charge >= 0.3 is 0 Å². The quantitative estimate of drug-likeness (QED) is 0.386. The molecule has 3 rings (SSSR count). The molecule has 0 spiro atoms. The second kappa shape index (κ2) is 9.85. The predicted molar refractivity (Wildman–Crippen MR) is 123 cm³/mol. The number of hydrogen-bond acceptors (Lipinski definition) is 5. The third kappa shape index (κ3) is 5.77. The highest BCUT2D eigenvalue weighted by atomic mass is 35.5. The molecule has 0 amide bonds. The van der Waals surface area contributed by atoms with Crippen molar-refractivity contribution in [2.45, 2.75) is 25.3 Å². The Bertz CT molecular complexity index is 1210. The van der Waals surface area contributed by atoms with E-state index in [1.54, 1.807) is 43.3 Å². The predicted octanol–water partition coefficient (Wildman–Crippen LogP) is 4.86. The zero-order chi connectivity index (χ0) is 22.4. The van der Waals surface area contributed by atoms with E-state index in [1.165, 1.54) is 13.3 Å². The van der Waals surface area contributed by atoms with Crippen molar-refractivity contribution in [1.29, 1.82) is 0 Å². The molecule has 8 heteroatoms. The van der Waals surface area contributed by atoms with Gasteiger partial charge in [-0.25, -0.2) is 4.83 Å². The molecule has 3 aromatic rings. The summed E-state index contributed by atoms with van der Waals surface area (Å²) in [5.41, 5.74) is 3.00. The number of hydrogen-bond donors (Lipinski definition) is 1. The van der Waals surface area contributed by atoms with E-state index in [2.05, 4.69) is 9.93 Å². The van der Waals surface area contributed by atoms with Crippen molar-refractivity contribution < 1.29 is 17.9 Å². The highest BCUT2D eigenvalue weighted by Gasteiger charge is 2.16. The van der Waals surface area contributed by atoms with Gasteiger partial charge in [-0.15, -0.1) is 0 Å². The molecule has 0 aliphatic heterocycles. The summed E-state index contributed by atoms with van der Waals surface area (Å²) in [5.74, 6) is 1.03. The van der Waals surface area contributed by atoms with Gasteiger partial charge in [0.25, 0.3) is 10.0 Å². The molecular formula is C23H23ClN2O4S. The molecule has 0 atom stereocenters. The summed E-state index contributed by atoms with van der Waals surface area (Å²) >= 11 is 6.16. The first-order chi connectivity index (χ1) is 14.8. The number of nitrogens with zero attached hydrogens (tertiary/aromatic N) is 1. The topological polar surface area (TPSA) is 77.0 Å². The number of halogens is 1. The first kappa shape index (κ1) is 22.7. The van der Waals surface area contributed by atoms with Gasteiger partial charge in [0, 0.05) is 10.6 Å². The molecule has 0 saturated heterocycles. The Labute approximate surface area is 187 Å². The van der Waals surface area contributed by atoms with E-state index in [1.807, 2.05) is 31.2 Å². The summed E-state index contributed by atoms with van der Waals surface area (Å²) in [4.78, 5) is 2.45. The summed E-state index contributed by atoms with van der Waals surface area (Å²) in [6, 6.07) is 17.9. The Morgan fingerprint density at radius 1 is 1.03 bits per heavy atom. The molecular weight excluding hydrogens is 436 g/mol. The Morgan fingerprint density at radius 2 is 1.81 bits per heavy atom. The number of nitrogens with one attached hydrogen (secondary N) is 1. The highest BCUT2D eigenvalue weighted by Crippen LogP contribution is 2.29. The number of rotatable bonds is 8. The Hall–Kier alpha value is -3.03. The average molecular weight is 459 g/mol. The largest absolute Gasteiger partial charge is 0.493 e. The lowest BCUT2D eigenvalue weighted by atomic mass is 10.2. The van der Waals surface area contributed by atoms with Crippen LogP contribution in [0.5, 0.6) is 11.5 Å². The highest BCUT2D eigenvalue weighted by molar-refractivity contribution is 7.89. The number of hydrazone groups is 1. The van der Waals surface area contributed by atoms with E-state index < -0.39 is 10.0 Å². The zero-order valence-corrected chi connectivity index (χ0v) is 19.0. The van der Waals surface area contributed by atoms with Gasteiger partial charge in [-0.3, -0.25) is 0 Å². The van der Waals surface area contributed by atoms with Gasteiger partial charge in [0.05, 0.1) is 18.2 Å². The van der Waals surface area contributed by atoms with E-state index in [4.69, 9.17) is 21.1 Å². The minimum atomic E-state index is -3.77. The molecule has 0 aromatic heterocycles. The lowest BCUT2D eigenvalue weighted by Gasteiger charge is -2.12. The van der Waals surface area contributed by atoms with Gasteiger partial charge in [0.1, 0.15) is 6.61 Å². The van der Waals surface area contributed by atoms with Gasteiger partial charge in [0.2, 0.25) is 0 Å². The van der Waals surface area contributed by atoms with Gasteiger partial charge in [-0.05, 0) is 60.9 Å². The van der Waals surface area contributed by atoms with Gasteiger partial charge in [-0.2, -0.15) is 13.5 Å². The minimum Gasteiger partial charge on any atom is -0.493 e. The molecule has 0 radical (unpaired) electrons. The van der Waals surface area contributed by atoms with Crippen molar-refractivity contribution in [1.82, 2.24) is 4.83 Å². The third-order valence-electron chi connectivity index (χ3n) is 4.55. The van der Waals surface area contributed by atoms with Gasteiger partial charge in [-0.1, -0.05) is 41.9 Å². The van der Waals surface area contributed by atoms with Crippen molar-refractivity contribution in [2.24, 2.45) is 5.10 Å². The van der Waals surface area contributed by atoms with E-state index >= 15 is 0 Å². The van der Waals surface area contributed by atoms with E-state index in [0.29, 0.717) is 34.3 Å². The van der Waals surface area contributed by atoms with E-state index in [9.17, 15) is 8.42 Å². The molecule has 6 nitrogen and oxygen atoms in total. The number of benzene rings is 3. The van der Waals surface area contributed by atoms with Crippen molar-refractivity contribution in [2.75, 3.05) is 7.11 Å². The van der Waals surface area contributed by atoms with Crippen molar-refractivity contribution in [3.63, 3.8) is 0 Å². The van der Waals surface area contributed by atoms with E-state index in [-0.39, 0.29) is 4.90 Å². The first-order valence-corrected chi connectivity index (χ1v) is 11.3. The standard InChI is InChI=1S/C23H23ClN2O4S/c1-16-8-9-17(2)23(12-16)31(27,28)26-25-14-18-10-11-21(22(13-18)29-3)30-15-19-6-4-5-7-20(19)24/h4-14,26H,15H2,1-3H3/b25-14-. The van der Waals surface area contributed by atoms with Crippen LogP contribution in [0.1, 0.15) is 22.3 Å². The number of aryl methyl sites for hydroxylation is 2. The molecule has 0 aliphatic carbocycles. The Kier molecular flexibility index (Phi) is 7.20. The summed E-state index contributed by atoms with van der Waals surface area (Å²) in [7, 11) is -2.24. The van der Waals surface area contributed by atoms with Gasteiger partial charge < -0.3 is 9.47 Å². The molecule has 0 saturated carbocycles. The molecule has 1 N–H and O–H groups in total. The van der Waals surface area contributed by atoms with Crippen LogP contribution >= 0.6 is 11.6 Å². The van der Waals surface area contributed by atoms with Crippen LogP contribution in [0.15, 0.2) is 70.7 Å². The molecule has 0 heterocycles. The van der Waals surface area contributed by atoms with Crippen LogP contribution in [0.4, 0.5) is 0 Å². The summed E-state index contributed by atoms with van der Waals surface area (Å²) in [5, 5.41) is 4.52. The Balaban J connectivity index is 1.71. The van der Waals surface area contributed by atoms with Crippen LogP contribution in [-0.2, 0) is 16.6 Å². The van der Waals surface area contributed by atoms with Crippen LogP contribution in [-0.4, -0.2) is 21.7 Å². The second-order valence-electron chi connectivity index (χ2n) is 6.91. The molecule has 162 valence electrons. The van der Waals surface area contributed by atoms with E-state index in [0.717, 1.165) is 11.1 Å². The molecule has 0 unspecified atom stereocenters. The lowest BCUT2D eigenvalue weighted by Crippen LogP contribution is -2.19. The fourth-order valence-corrected chi connectivity index (χ4v) is 4.18. The molecule has 31 heavy (non-hydrogen) atoms. The first-order valence-electron chi connectivity index (χ1n) is 9.46. The minimum absolute atomic E-state index is 0.200. The lowest BCUT2D eigenvalue weighted by molar-refractivity contribution is 0.284. The van der Waals surface area contributed by atoms with Crippen LogP contribution < -0.4 is 14.3 Å². The summed E-state index contributed by atoms with van der Waals surface area (Å²) in [6.45, 7) is 3.87. The van der Waals surface area contributed by atoms with Crippen LogP contribution in [0.25, 0.3) is 0 Å². The number of ether oxygens (including phenoxy) is 2. The normalized spacial score (nSPS) is 11.5. The molecule has 0 aliphatic rings. The van der Waals surface area contributed by atoms with Crippen molar-refractivity contribution >= 4 is 27.8 Å². The van der Waals surface area contributed by atoms with Crippen molar-refractivity contribution in [3.8, 4) is 11.5 Å². The SMILES string of the molecule is COc1cc(/C=N\NS(=O)(=O)c2cc(C)ccc2C)ccc1OCc1ccccc1Cl. The van der Waals surface area contributed by atoms with Crippen LogP contribution in [0, 0.1) is 13.8 Å². The number of methoxy groups -OCH3 is 1. The summed E-state index contributed by atoms with van der Waals surface area (Å²) < 4.78 is 36.3. The molecule has 3 aromatic carbocycles. The maximum absolute atomic E-state index is 12.5. The van der Waals surface area contributed by atoms with Gasteiger partial charge in [0.15, 0.2) is 11.5 Å². The molecule has 0 fully saturated rings. The van der Waals surface area contributed by atoms with Crippen molar-refractivity contribution in [3.05, 3.63) is 87.9 Å². The third-order valence-corrected chi connectivity index (χ3v) is 6.28. The maximum atomic E-state index is 12.5. The average Bonchev–Trinajstić information content (AvgIpc) is 2.75. The summed E-state index contributed by atoms with van der Waals surface area (Å²) in [6.07, 6.45) is 1.41. The smallest absolute Gasteiger partial charge is 0.276 e. The Morgan fingerprint density at radius 3 is 2.55 bits per heavy atom. The zero-order valence-electron chi connectivity index (χ0n) is 17.4. The monoisotopic (exact) mass is 458 g/mol. The second-order valence-corrected chi connectivity index (χ2v) is 8.95. The fraction of sp³-hybridized carbons (Fsp3) is 0.174.